The van der Waals surface area contributed by atoms with Crippen LogP contribution in [-0.2, 0) is 6.54 Å². The SMILES string of the molecule is CC#CCCOc1ccc(CN)cc1. The largest absolute Gasteiger partial charge is 0.493 e. The zero-order chi connectivity index (χ0) is 10.2. The Balaban J connectivity index is 2.38. The summed E-state index contributed by atoms with van der Waals surface area (Å²) < 4.78 is 5.46. The number of nitrogens with two attached hydrogens (primary N) is 1. The highest BCUT2D eigenvalue weighted by Crippen LogP contribution is 2.11. The van der Waals surface area contributed by atoms with Crippen molar-refractivity contribution in [2.75, 3.05) is 6.61 Å². The van der Waals surface area contributed by atoms with Crippen LogP contribution in [0.3, 0.4) is 0 Å². The third-order valence-corrected chi connectivity index (χ3v) is 1.83. The maximum atomic E-state index is 5.48. The van der Waals surface area contributed by atoms with Gasteiger partial charge in [-0.05, 0) is 24.6 Å². The second kappa shape index (κ2) is 6.06. The molecule has 0 amide bonds. The Kier molecular flexibility index (Phi) is 4.60. The minimum absolute atomic E-state index is 0.571. The first-order valence-electron chi connectivity index (χ1n) is 4.68. The Morgan fingerprint density at radius 1 is 1.29 bits per heavy atom. The number of benzene rings is 1. The average molecular weight is 189 g/mol. The summed E-state index contributed by atoms with van der Waals surface area (Å²) in [5.41, 5.74) is 6.60. The van der Waals surface area contributed by atoms with Gasteiger partial charge in [0.25, 0.3) is 0 Å². The van der Waals surface area contributed by atoms with Crippen molar-refractivity contribution in [2.24, 2.45) is 5.73 Å². The molecule has 0 heterocycles. The lowest BCUT2D eigenvalue weighted by molar-refractivity contribution is 0.327. The van der Waals surface area contributed by atoms with Crippen LogP contribution in [0.25, 0.3) is 0 Å². The number of rotatable bonds is 4. The summed E-state index contributed by atoms with van der Waals surface area (Å²) >= 11 is 0. The molecule has 1 aromatic rings. The summed E-state index contributed by atoms with van der Waals surface area (Å²) in [5.74, 6) is 6.65. The van der Waals surface area contributed by atoms with Crippen LogP contribution >= 0.6 is 0 Å². The molecule has 0 aromatic heterocycles. The third-order valence-electron chi connectivity index (χ3n) is 1.83. The molecular formula is C12H15NO. The van der Waals surface area contributed by atoms with E-state index < -0.39 is 0 Å². The van der Waals surface area contributed by atoms with E-state index in [1.54, 1.807) is 0 Å². The molecule has 1 rings (SSSR count). The fourth-order valence-electron chi connectivity index (χ4n) is 1.07. The van der Waals surface area contributed by atoms with Gasteiger partial charge in [-0.25, -0.2) is 0 Å². The van der Waals surface area contributed by atoms with Gasteiger partial charge in [0.15, 0.2) is 0 Å². The van der Waals surface area contributed by atoms with E-state index in [2.05, 4.69) is 11.8 Å². The molecule has 0 aliphatic carbocycles. The molecule has 0 saturated heterocycles. The van der Waals surface area contributed by atoms with E-state index in [9.17, 15) is 0 Å². The van der Waals surface area contributed by atoms with Crippen LogP contribution in [0.5, 0.6) is 5.75 Å². The minimum Gasteiger partial charge on any atom is -0.493 e. The molecule has 74 valence electrons. The highest BCUT2D eigenvalue weighted by molar-refractivity contribution is 5.27. The second-order valence-electron chi connectivity index (χ2n) is 2.87. The van der Waals surface area contributed by atoms with Gasteiger partial charge in [0, 0.05) is 13.0 Å². The zero-order valence-electron chi connectivity index (χ0n) is 8.42. The minimum atomic E-state index is 0.571. The molecule has 0 fully saturated rings. The van der Waals surface area contributed by atoms with Crippen molar-refractivity contribution in [1.29, 1.82) is 0 Å². The Bertz CT molecular complexity index is 318. The Labute approximate surface area is 85.1 Å². The first-order valence-corrected chi connectivity index (χ1v) is 4.68. The van der Waals surface area contributed by atoms with Gasteiger partial charge in [-0.3, -0.25) is 0 Å². The first kappa shape index (κ1) is 10.6. The monoisotopic (exact) mass is 189 g/mol. The van der Waals surface area contributed by atoms with Crippen molar-refractivity contribution in [1.82, 2.24) is 0 Å². The highest BCUT2D eigenvalue weighted by Gasteiger charge is 1.92. The summed E-state index contributed by atoms with van der Waals surface area (Å²) in [4.78, 5) is 0. The van der Waals surface area contributed by atoms with Crippen LogP contribution in [0.2, 0.25) is 0 Å². The number of hydrogen-bond acceptors (Lipinski definition) is 2. The van der Waals surface area contributed by atoms with Crippen LogP contribution in [0, 0.1) is 11.8 Å². The summed E-state index contributed by atoms with van der Waals surface area (Å²) in [6, 6.07) is 7.81. The third kappa shape index (κ3) is 3.51. The standard InChI is InChI=1S/C12H15NO/c1-2-3-4-9-14-12-7-5-11(10-13)6-8-12/h5-8H,4,9-10,13H2,1H3. The van der Waals surface area contributed by atoms with E-state index in [0.29, 0.717) is 13.2 Å². The second-order valence-corrected chi connectivity index (χ2v) is 2.87. The van der Waals surface area contributed by atoms with E-state index in [-0.39, 0.29) is 0 Å². The molecule has 0 saturated carbocycles. The van der Waals surface area contributed by atoms with Crippen molar-refractivity contribution in [3.05, 3.63) is 29.8 Å². The summed E-state index contributed by atoms with van der Waals surface area (Å²) in [6.07, 6.45) is 0.773. The molecule has 0 radical (unpaired) electrons. The van der Waals surface area contributed by atoms with Crippen LogP contribution < -0.4 is 10.5 Å². The van der Waals surface area contributed by atoms with Crippen molar-refractivity contribution in [2.45, 2.75) is 19.9 Å². The van der Waals surface area contributed by atoms with E-state index in [0.717, 1.165) is 17.7 Å². The Morgan fingerprint density at radius 3 is 2.57 bits per heavy atom. The maximum Gasteiger partial charge on any atom is 0.119 e. The Morgan fingerprint density at radius 2 is 2.00 bits per heavy atom. The summed E-state index contributed by atoms with van der Waals surface area (Å²) in [6.45, 7) is 3.04. The normalized spacial score (nSPS) is 9.00. The van der Waals surface area contributed by atoms with E-state index in [4.69, 9.17) is 10.5 Å². The van der Waals surface area contributed by atoms with Crippen molar-refractivity contribution in [3.8, 4) is 17.6 Å². The molecular weight excluding hydrogens is 174 g/mol. The number of ether oxygens (including phenoxy) is 1. The van der Waals surface area contributed by atoms with Crippen LogP contribution in [0.1, 0.15) is 18.9 Å². The fraction of sp³-hybridized carbons (Fsp3) is 0.333. The maximum absolute atomic E-state index is 5.48. The molecule has 2 N–H and O–H groups in total. The molecule has 1 aromatic carbocycles. The van der Waals surface area contributed by atoms with E-state index >= 15 is 0 Å². The fourth-order valence-corrected chi connectivity index (χ4v) is 1.07. The van der Waals surface area contributed by atoms with Crippen molar-refractivity contribution >= 4 is 0 Å². The van der Waals surface area contributed by atoms with Crippen molar-refractivity contribution in [3.63, 3.8) is 0 Å². The molecule has 2 nitrogen and oxygen atoms in total. The molecule has 0 aliphatic heterocycles. The van der Waals surface area contributed by atoms with Gasteiger partial charge in [0.1, 0.15) is 5.75 Å². The molecule has 0 bridgehead atoms. The van der Waals surface area contributed by atoms with E-state index in [1.807, 2.05) is 31.2 Å². The molecule has 0 unspecified atom stereocenters. The van der Waals surface area contributed by atoms with Gasteiger partial charge in [0.2, 0.25) is 0 Å². The van der Waals surface area contributed by atoms with Crippen LogP contribution in [-0.4, -0.2) is 6.61 Å². The lowest BCUT2D eigenvalue weighted by Crippen LogP contribution is -1.98. The van der Waals surface area contributed by atoms with Crippen LogP contribution in [0.4, 0.5) is 0 Å². The number of hydrogen-bond donors (Lipinski definition) is 1. The summed E-state index contributed by atoms with van der Waals surface area (Å²) in [7, 11) is 0. The van der Waals surface area contributed by atoms with Gasteiger partial charge in [0.05, 0.1) is 6.61 Å². The first-order chi connectivity index (χ1) is 6.86. The van der Waals surface area contributed by atoms with Gasteiger partial charge < -0.3 is 10.5 Å². The summed E-state index contributed by atoms with van der Waals surface area (Å²) in [5, 5.41) is 0. The highest BCUT2D eigenvalue weighted by atomic mass is 16.5. The molecule has 0 spiro atoms. The molecule has 2 heteroatoms. The van der Waals surface area contributed by atoms with Gasteiger partial charge >= 0.3 is 0 Å². The van der Waals surface area contributed by atoms with Gasteiger partial charge in [-0.2, -0.15) is 0 Å². The van der Waals surface area contributed by atoms with E-state index in [1.165, 1.54) is 0 Å². The average Bonchev–Trinajstić information content (AvgIpc) is 2.25. The van der Waals surface area contributed by atoms with Crippen LogP contribution in [0.15, 0.2) is 24.3 Å². The van der Waals surface area contributed by atoms with Gasteiger partial charge in [-0.1, -0.05) is 12.1 Å². The quantitative estimate of drug-likeness (QED) is 0.580. The predicted molar refractivity (Wildman–Crippen MR) is 57.9 cm³/mol. The van der Waals surface area contributed by atoms with Crippen molar-refractivity contribution < 1.29 is 4.74 Å². The topological polar surface area (TPSA) is 35.2 Å². The van der Waals surface area contributed by atoms with Gasteiger partial charge in [-0.15, -0.1) is 11.8 Å². The Hall–Kier alpha value is -1.46. The molecule has 0 aliphatic rings. The molecule has 0 atom stereocenters. The zero-order valence-corrected chi connectivity index (χ0v) is 8.42. The predicted octanol–water partition coefficient (Wildman–Crippen LogP) is 1.94. The lowest BCUT2D eigenvalue weighted by Gasteiger charge is -2.04. The lowest BCUT2D eigenvalue weighted by atomic mass is 10.2. The smallest absolute Gasteiger partial charge is 0.119 e. The molecule has 14 heavy (non-hydrogen) atoms.